The lowest BCUT2D eigenvalue weighted by Crippen LogP contribution is -2.63. The molecule has 1 amide bonds. The number of carbonyl (C=O) groups is 2. The van der Waals surface area contributed by atoms with E-state index in [0.717, 1.165) is 19.4 Å². The van der Waals surface area contributed by atoms with Crippen LogP contribution in [0.4, 0.5) is 0 Å². The Labute approximate surface area is 114 Å². The summed E-state index contributed by atoms with van der Waals surface area (Å²) in [5.74, 6) is -0.196. The lowest BCUT2D eigenvalue weighted by molar-refractivity contribution is -0.154. The van der Waals surface area contributed by atoms with E-state index in [-0.39, 0.29) is 17.6 Å². The number of fused-ring (bicyclic) bond motifs is 2. The first kappa shape index (κ1) is 13.1. The molecular weight excluding hydrogens is 240 g/mol. The molecule has 3 aliphatic rings. The highest BCUT2D eigenvalue weighted by atomic mass is 16.2. The van der Waals surface area contributed by atoms with E-state index in [2.05, 4.69) is 4.90 Å². The van der Waals surface area contributed by atoms with Crippen LogP contribution in [0.15, 0.2) is 0 Å². The van der Waals surface area contributed by atoms with Gasteiger partial charge in [0.2, 0.25) is 5.91 Å². The van der Waals surface area contributed by atoms with Crippen LogP contribution in [-0.2, 0) is 9.59 Å². The van der Waals surface area contributed by atoms with E-state index in [9.17, 15) is 9.59 Å². The van der Waals surface area contributed by atoms with Crippen LogP contribution in [0.3, 0.4) is 0 Å². The standard InChI is InChI=1S/C15H24N2O2/c16-14(19)15-8-4-5-11(13(15)18)9-17(10-15)12-6-2-1-3-7-12/h11-12H,1-10H2,(H2,16,19)/t11-,15-/m0/s1. The number of likely N-dealkylation sites (tertiary alicyclic amines) is 1. The van der Waals surface area contributed by atoms with Crippen molar-refractivity contribution in [2.24, 2.45) is 17.1 Å². The minimum atomic E-state index is -0.862. The van der Waals surface area contributed by atoms with Gasteiger partial charge in [0.05, 0.1) is 0 Å². The zero-order valence-electron chi connectivity index (χ0n) is 11.6. The quantitative estimate of drug-likeness (QED) is 0.768. The Bertz CT molecular complexity index is 390. The van der Waals surface area contributed by atoms with Crippen LogP contribution in [0.1, 0.15) is 51.4 Å². The van der Waals surface area contributed by atoms with E-state index in [4.69, 9.17) is 5.73 Å². The summed E-state index contributed by atoms with van der Waals surface area (Å²) in [6, 6.07) is 0.571. The molecule has 3 rings (SSSR count). The fraction of sp³-hybridized carbons (Fsp3) is 0.867. The summed E-state index contributed by atoms with van der Waals surface area (Å²) < 4.78 is 0. The molecule has 1 aliphatic heterocycles. The third-order valence-corrected chi connectivity index (χ3v) is 5.49. The predicted molar refractivity (Wildman–Crippen MR) is 72.4 cm³/mol. The highest BCUT2D eigenvalue weighted by Crippen LogP contribution is 2.42. The highest BCUT2D eigenvalue weighted by molar-refractivity contribution is 6.07. The fourth-order valence-electron chi connectivity index (χ4n) is 4.37. The average molecular weight is 264 g/mol. The molecular formula is C15H24N2O2. The van der Waals surface area contributed by atoms with Gasteiger partial charge in [0.1, 0.15) is 5.41 Å². The van der Waals surface area contributed by atoms with Gasteiger partial charge in [0.25, 0.3) is 0 Å². The van der Waals surface area contributed by atoms with Crippen LogP contribution in [0.25, 0.3) is 0 Å². The van der Waals surface area contributed by atoms with E-state index in [1.807, 2.05) is 0 Å². The van der Waals surface area contributed by atoms with Crippen LogP contribution in [0.5, 0.6) is 0 Å². The molecule has 2 bridgehead atoms. The Kier molecular flexibility index (Phi) is 3.37. The predicted octanol–water partition coefficient (Wildman–Crippen LogP) is 1.48. The molecule has 0 unspecified atom stereocenters. The summed E-state index contributed by atoms with van der Waals surface area (Å²) in [6.45, 7) is 1.45. The number of primary amides is 1. The van der Waals surface area contributed by atoms with Gasteiger partial charge in [0, 0.05) is 25.0 Å². The van der Waals surface area contributed by atoms with E-state index in [0.29, 0.717) is 19.0 Å². The third-order valence-electron chi connectivity index (χ3n) is 5.49. The van der Waals surface area contributed by atoms with Gasteiger partial charge >= 0.3 is 0 Å². The van der Waals surface area contributed by atoms with Crippen molar-refractivity contribution in [3.05, 3.63) is 0 Å². The summed E-state index contributed by atoms with van der Waals surface area (Å²) in [4.78, 5) is 26.8. The van der Waals surface area contributed by atoms with Crippen LogP contribution >= 0.6 is 0 Å². The number of Topliss-reactive ketones (excluding diaryl/α,β-unsaturated/α-hetero) is 1. The molecule has 1 heterocycles. The number of piperidine rings is 1. The zero-order chi connectivity index (χ0) is 13.5. The SMILES string of the molecule is NC(=O)[C@@]12CCC[C@@H](CN(C3CCCCC3)C1)C2=O. The van der Waals surface area contributed by atoms with Crippen molar-refractivity contribution in [1.29, 1.82) is 0 Å². The van der Waals surface area contributed by atoms with Gasteiger partial charge in [-0.1, -0.05) is 25.7 Å². The molecule has 2 saturated carbocycles. The van der Waals surface area contributed by atoms with Gasteiger partial charge in [-0.25, -0.2) is 0 Å². The fourth-order valence-corrected chi connectivity index (χ4v) is 4.37. The van der Waals surface area contributed by atoms with Gasteiger partial charge < -0.3 is 5.73 Å². The number of nitrogens with zero attached hydrogens (tertiary/aromatic N) is 1. The third kappa shape index (κ3) is 2.10. The Morgan fingerprint density at radius 1 is 1.16 bits per heavy atom. The van der Waals surface area contributed by atoms with Crippen molar-refractivity contribution in [3.8, 4) is 0 Å². The van der Waals surface area contributed by atoms with Crippen LogP contribution in [0.2, 0.25) is 0 Å². The lowest BCUT2D eigenvalue weighted by atomic mass is 9.64. The van der Waals surface area contributed by atoms with Gasteiger partial charge in [-0.05, 0) is 25.7 Å². The number of hydrogen-bond acceptors (Lipinski definition) is 3. The molecule has 1 saturated heterocycles. The molecule has 3 fully saturated rings. The topological polar surface area (TPSA) is 63.4 Å². The Morgan fingerprint density at radius 2 is 1.89 bits per heavy atom. The van der Waals surface area contributed by atoms with Crippen molar-refractivity contribution in [1.82, 2.24) is 4.90 Å². The van der Waals surface area contributed by atoms with Crippen molar-refractivity contribution in [3.63, 3.8) is 0 Å². The van der Waals surface area contributed by atoms with Gasteiger partial charge in [0.15, 0.2) is 5.78 Å². The Balaban J connectivity index is 1.82. The molecule has 0 aromatic carbocycles. The first-order valence-electron chi connectivity index (χ1n) is 7.72. The molecule has 0 aromatic rings. The smallest absolute Gasteiger partial charge is 0.232 e. The molecule has 0 aromatic heterocycles. The largest absolute Gasteiger partial charge is 0.369 e. The highest BCUT2D eigenvalue weighted by Gasteiger charge is 2.54. The molecule has 106 valence electrons. The first-order valence-corrected chi connectivity index (χ1v) is 7.72. The van der Waals surface area contributed by atoms with Gasteiger partial charge in [-0.2, -0.15) is 0 Å². The Morgan fingerprint density at radius 3 is 2.58 bits per heavy atom. The number of ketones is 1. The Hall–Kier alpha value is -0.900. The average Bonchev–Trinajstić information content (AvgIpc) is 2.39. The maximum atomic E-state index is 12.5. The number of nitrogens with two attached hydrogens (primary N) is 1. The second kappa shape index (κ2) is 4.89. The lowest BCUT2D eigenvalue weighted by Gasteiger charge is -2.49. The summed E-state index contributed by atoms with van der Waals surface area (Å²) >= 11 is 0. The molecule has 4 heteroatoms. The summed E-state index contributed by atoms with van der Waals surface area (Å²) in [6.07, 6.45) is 8.90. The van der Waals surface area contributed by atoms with Crippen molar-refractivity contribution in [2.75, 3.05) is 13.1 Å². The van der Waals surface area contributed by atoms with Gasteiger partial charge in [-0.3, -0.25) is 14.5 Å². The summed E-state index contributed by atoms with van der Waals surface area (Å²) in [5, 5.41) is 0. The zero-order valence-corrected chi connectivity index (χ0v) is 11.6. The monoisotopic (exact) mass is 264 g/mol. The maximum absolute atomic E-state index is 12.5. The minimum absolute atomic E-state index is 0.0527. The van der Waals surface area contributed by atoms with E-state index >= 15 is 0 Å². The van der Waals surface area contributed by atoms with Crippen LogP contribution < -0.4 is 5.73 Å². The number of hydrogen-bond donors (Lipinski definition) is 1. The second-order valence-electron chi connectivity index (χ2n) is 6.62. The number of amides is 1. The molecule has 0 radical (unpaired) electrons. The molecule has 2 aliphatic carbocycles. The molecule has 19 heavy (non-hydrogen) atoms. The van der Waals surface area contributed by atoms with Crippen molar-refractivity contribution < 1.29 is 9.59 Å². The molecule has 2 atom stereocenters. The summed E-state index contributed by atoms with van der Waals surface area (Å²) in [7, 11) is 0. The van der Waals surface area contributed by atoms with E-state index in [1.165, 1.54) is 32.1 Å². The first-order chi connectivity index (χ1) is 9.13. The summed E-state index contributed by atoms with van der Waals surface area (Å²) in [5.41, 5.74) is 4.74. The van der Waals surface area contributed by atoms with Crippen molar-refractivity contribution >= 4 is 11.7 Å². The van der Waals surface area contributed by atoms with E-state index < -0.39 is 5.41 Å². The molecule has 4 nitrogen and oxygen atoms in total. The normalized spacial score (nSPS) is 37.3. The number of rotatable bonds is 2. The number of carbonyl (C=O) groups excluding carboxylic acids is 2. The van der Waals surface area contributed by atoms with Gasteiger partial charge in [-0.15, -0.1) is 0 Å². The van der Waals surface area contributed by atoms with E-state index in [1.54, 1.807) is 0 Å². The van der Waals surface area contributed by atoms with Crippen LogP contribution in [0, 0.1) is 11.3 Å². The van der Waals surface area contributed by atoms with Crippen LogP contribution in [-0.4, -0.2) is 35.7 Å². The molecule has 0 spiro atoms. The van der Waals surface area contributed by atoms with Crippen molar-refractivity contribution in [2.45, 2.75) is 57.4 Å². The maximum Gasteiger partial charge on any atom is 0.232 e. The molecule has 2 N–H and O–H groups in total. The second-order valence-corrected chi connectivity index (χ2v) is 6.62. The minimum Gasteiger partial charge on any atom is -0.369 e.